The Labute approximate surface area is 138 Å². The zero-order valence-corrected chi connectivity index (χ0v) is 13.7. The van der Waals surface area contributed by atoms with Crippen LogP contribution in [0.2, 0.25) is 0 Å². The first kappa shape index (κ1) is 16.7. The molecule has 128 valence electrons. The highest BCUT2D eigenvalue weighted by atomic mass is 32.2. The normalized spacial score (nSPS) is 20.0. The Hall–Kier alpha value is -2.19. The molecule has 0 fully saturated rings. The molecule has 1 heterocycles. The lowest BCUT2D eigenvalue weighted by atomic mass is 10.2. The number of aryl methyl sites for hydroxylation is 1. The predicted molar refractivity (Wildman–Crippen MR) is 83.3 cm³/mol. The zero-order valence-electron chi connectivity index (χ0n) is 12.9. The van der Waals surface area contributed by atoms with E-state index in [-0.39, 0.29) is 10.6 Å². The highest BCUT2D eigenvalue weighted by Crippen LogP contribution is 2.36. The highest BCUT2D eigenvalue weighted by Gasteiger charge is 2.34. The van der Waals surface area contributed by atoms with Crippen LogP contribution in [0.3, 0.4) is 0 Å². The van der Waals surface area contributed by atoms with E-state index in [4.69, 9.17) is 8.92 Å². The lowest BCUT2D eigenvalue weighted by Crippen LogP contribution is -2.42. The van der Waals surface area contributed by atoms with Gasteiger partial charge in [-0.1, -0.05) is 17.7 Å². The fraction of sp³-hybridized carbons (Fsp3) is 0.250. The van der Waals surface area contributed by atoms with Crippen molar-refractivity contribution in [2.24, 2.45) is 0 Å². The number of hydrogen-bond donors (Lipinski definition) is 1. The van der Waals surface area contributed by atoms with Gasteiger partial charge in [0.1, 0.15) is 0 Å². The minimum Gasteiger partial charge on any atom is -0.456 e. The van der Waals surface area contributed by atoms with Crippen LogP contribution in [0.15, 0.2) is 41.3 Å². The van der Waals surface area contributed by atoms with Crippen molar-refractivity contribution in [3.63, 3.8) is 0 Å². The Morgan fingerprint density at radius 3 is 2.46 bits per heavy atom. The molecule has 8 heteroatoms. The fourth-order valence-corrected chi connectivity index (χ4v) is 3.32. The topological polar surface area (TPSA) is 64.6 Å². The number of anilines is 1. The van der Waals surface area contributed by atoms with Gasteiger partial charge in [0.2, 0.25) is 12.1 Å². The molecule has 24 heavy (non-hydrogen) atoms. The minimum absolute atomic E-state index is 0.0468. The molecule has 5 nitrogen and oxygen atoms in total. The average Bonchev–Trinajstić information content (AvgIpc) is 2.53. The van der Waals surface area contributed by atoms with E-state index in [0.29, 0.717) is 0 Å². The molecule has 1 aliphatic rings. The number of nitrogens with one attached hydrogen (secondary N) is 1. The van der Waals surface area contributed by atoms with Crippen molar-refractivity contribution in [1.29, 1.82) is 0 Å². The van der Waals surface area contributed by atoms with Crippen LogP contribution in [0, 0.1) is 18.6 Å². The summed E-state index contributed by atoms with van der Waals surface area (Å²) in [6.45, 7) is 3.43. The van der Waals surface area contributed by atoms with Crippen molar-refractivity contribution in [3.05, 3.63) is 53.6 Å². The third-order valence-corrected chi connectivity index (χ3v) is 4.90. The van der Waals surface area contributed by atoms with E-state index in [1.54, 1.807) is 19.1 Å². The van der Waals surface area contributed by atoms with Gasteiger partial charge in [0.15, 0.2) is 11.6 Å². The van der Waals surface area contributed by atoms with Crippen LogP contribution in [0.1, 0.15) is 12.5 Å². The van der Waals surface area contributed by atoms with Gasteiger partial charge in [-0.05, 0) is 38.1 Å². The minimum atomic E-state index is -4.12. The summed E-state index contributed by atoms with van der Waals surface area (Å²) in [6, 6.07) is 7.74. The molecule has 0 aromatic heterocycles. The van der Waals surface area contributed by atoms with Crippen LogP contribution >= 0.6 is 0 Å². The summed E-state index contributed by atoms with van der Waals surface area (Å²) in [4.78, 5) is -0.0468. The van der Waals surface area contributed by atoms with E-state index in [9.17, 15) is 17.2 Å². The molecule has 0 radical (unpaired) electrons. The second-order valence-corrected chi connectivity index (χ2v) is 7.09. The van der Waals surface area contributed by atoms with E-state index >= 15 is 0 Å². The SMILES string of the molecule is Cc1ccc(S(=O)(=O)OC2Oc3c(ccc(F)c3F)N[C@H]2C)cc1. The molecule has 0 saturated heterocycles. The Balaban J connectivity index is 1.87. The molecular formula is C16H15F2NO4S. The summed E-state index contributed by atoms with van der Waals surface area (Å²) >= 11 is 0. The van der Waals surface area contributed by atoms with Crippen LogP contribution in [-0.2, 0) is 14.3 Å². The van der Waals surface area contributed by atoms with E-state index in [1.165, 1.54) is 18.2 Å². The molecule has 2 aromatic rings. The maximum Gasteiger partial charge on any atom is 0.300 e. The Bertz CT molecular complexity index is 868. The summed E-state index contributed by atoms with van der Waals surface area (Å²) in [6.07, 6.45) is -1.33. The van der Waals surface area contributed by atoms with Crippen molar-refractivity contribution < 1.29 is 26.1 Å². The molecule has 1 aliphatic heterocycles. The largest absolute Gasteiger partial charge is 0.456 e. The summed E-state index contributed by atoms with van der Waals surface area (Å²) in [7, 11) is -4.12. The van der Waals surface area contributed by atoms with Crippen LogP contribution < -0.4 is 10.1 Å². The smallest absolute Gasteiger partial charge is 0.300 e. The van der Waals surface area contributed by atoms with Gasteiger partial charge in [-0.2, -0.15) is 12.8 Å². The first-order chi connectivity index (χ1) is 11.3. The summed E-state index contributed by atoms with van der Waals surface area (Å²) < 4.78 is 62.1. The lowest BCUT2D eigenvalue weighted by Gasteiger charge is -2.32. The van der Waals surface area contributed by atoms with Crippen LogP contribution in [0.25, 0.3) is 0 Å². The van der Waals surface area contributed by atoms with E-state index in [1.807, 2.05) is 6.92 Å². The maximum absolute atomic E-state index is 13.8. The Morgan fingerprint density at radius 2 is 1.79 bits per heavy atom. The molecule has 2 aromatic carbocycles. The van der Waals surface area contributed by atoms with Gasteiger partial charge >= 0.3 is 0 Å². The van der Waals surface area contributed by atoms with Crippen molar-refractivity contribution in [1.82, 2.24) is 0 Å². The molecule has 3 rings (SSSR count). The molecule has 0 amide bonds. The quantitative estimate of drug-likeness (QED) is 0.857. The van der Waals surface area contributed by atoms with E-state index < -0.39 is 39.8 Å². The fourth-order valence-electron chi connectivity index (χ4n) is 2.28. The van der Waals surface area contributed by atoms with Crippen molar-refractivity contribution >= 4 is 15.8 Å². The van der Waals surface area contributed by atoms with Crippen molar-refractivity contribution in [2.45, 2.75) is 31.1 Å². The first-order valence-electron chi connectivity index (χ1n) is 7.19. The van der Waals surface area contributed by atoms with Crippen molar-refractivity contribution in [2.75, 3.05) is 5.32 Å². The predicted octanol–water partition coefficient (Wildman–Crippen LogP) is 3.20. The zero-order chi connectivity index (χ0) is 17.5. The number of ether oxygens (including phenoxy) is 1. The first-order valence-corrected chi connectivity index (χ1v) is 8.60. The number of benzene rings is 2. The Morgan fingerprint density at radius 1 is 1.12 bits per heavy atom. The molecule has 1 unspecified atom stereocenters. The molecule has 2 atom stereocenters. The van der Waals surface area contributed by atoms with Gasteiger partial charge in [0.05, 0.1) is 16.6 Å². The van der Waals surface area contributed by atoms with Gasteiger partial charge in [-0.3, -0.25) is 0 Å². The van der Waals surface area contributed by atoms with Crippen LogP contribution in [0.5, 0.6) is 5.75 Å². The number of halogens is 2. The van der Waals surface area contributed by atoms with Crippen molar-refractivity contribution in [3.8, 4) is 5.75 Å². The lowest BCUT2D eigenvalue weighted by molar-refractivity contribution is -0.00866. The molecular weight excluding hydrogens is 340 g/mol. The van der Waals surface area contributed by atoms with E-state index in [2.05, 4.69) is 5.32 Å². The number of rotatable bonds is 3. The third-order valence-electron chi connectivity index (χ3n) is 3.61. The maximum atomic E-state index is 13.8. The van der Waals surface area contributed by atoms with Crippen LogP contribution in [-0.4, -0.2) is 20.7 Å². The molecule has 0 aliphatic carbocycles. The summed E-state index contributed by atoms with van der Waals surface area (Å²) in [5.74, 6) is -2.70. The second-order valence-electron chi connectivity index (χ2n) is 5.52. The molecule has 1 N–H and O–H groups in total. The third kappa shape index (κ3) is 3.07. The van der Waals surface area contributed by atoms with Gasteiger partial charge in [-0.15, -0.1) is 0 Å². The van der Waals surface area contributed by atoms with Gasteiger partial charge < -0.3 is 10.1 Å². The number of hydrogen-bond acceptors (Lipinski definition) is 5. The summed E-state index contributed by atoms with van der Waals surface area (Å²) in [5.41, 5.74) is 1.12. The van der Waals surface area contributed by atoms with E-state index in [0.717, 1.165) is 11.6 Å². The molecule has 0 spiro atoms. The molecule has 0 bridgehead atoms. The molecule has 0 saturated carbocycles. The van der Waals surface area contributed by atoms with Gasteiger partial charge in [-0.25, -0.2) is 8.57 Å². The standard InChI is InChI=1S/C16H15F2NO4S/c1-9-3-5-11(6-4-9)24(20,21)23-16-10(2)19-13-8-7-12(17)14(18)15(13)22-16/h3-8,10,16,19H,1-2H3/t10-,16?/m0/s1. The second kappa shape index (κ2) is 6.03. The monoisotopic (exact) mass is 355 g/mol. The number of fused-ring (bicyclic) bond motifs is 1. The highest BCUT2D eigenvalue weighted by molar-refractivity contribution is 7.86. The van der Waals surface area contributed by atoms with Crippen LogP contribution in [0.4, 0.5) is 14.5 Å². The van der Waals surface area contributed by atoms with Gasteiger partial charge in [0, 0.05) is 0 Å². The Kier molecular flexibility index (Phi) is 4.18. The summed E-state index contributed by atoms with van der Waals surface area (Å²) in [5, 5.41) is 2.84. The average molecular weight is 355 g/mol. The van der Waals surface area contributed by atoms with Gasteiger partial charge in [0.25, 0.3) is 10.1 Å².